The van der Waals surface area contributed by atoms with Gasteiger partial charge in [-0.2, -0.15) is 0 Å². The van der Waals surface area contributed by atoms with Crippen molar-refractivity contribution in [3.63, 3.8) is 0 Å². The van der Waals surface area contributed by atoms with Gasteiger partial charge in [-0.15, -0.1) is 0 Å². The Morgan fingerprint density at radius 3 is 2.31 bits per heavy atom. The molecule has 2 rings (SSSR count). The van der Waals surface area contributed by atoms with Gasteiger partial charge in [-0.05, 0) is 29.4 Å². The van der Waals surface area contributed by atoms with Gasteiger partial charge in [0.25, 0.3) is 0 Å². The highest BCUT2D eigenvalue weighted by molar-refractivity contribution is 5.38. The lowest BCUT2D eigenvalue weighted by molar-refractivity contribution is 0.496. The van der Waals surface area contributed by atoms with Gasteiger partial charge in [0.05, 0.1) is 0 Å². The third-order valence-corrected chi connectivity index (χ3v) is 3.16. The van der Waals surface area contributed by atoms with E-state index in [9.17, 15) is 0 Å². The molecule has 1 aromatic rings. The van der Waals surface area contributed by atoms with Crippen LogP contribution in [0.15, 0.2) is 53.6 Å². The average Bonchev–Trinajstić information content (AvgIpc) is 2.67. The second kappa shape index (κ2) is 4.29. The zero-order valence-corrected chi connectivity index (χ0v) is 10.5. The van der Waals surface area contributed by atoms with Crippen molar-refractivity contribution in [1.29, 1.82) is 0 Å². The standard InChI is InChI=1S/C16H20/c1-16(2,3)15-10-9-14(12-15)11-13-7-5-4-6-8-13/h4-9,12H,10-11H2,1-3H3. The SMILES string of the molecule is CC(C)(C)C1=CC(Cc2ccccc2)=CC1. The van der Waals surface area contributed by atoms with E-state index in [2.05, 4.69) is 63.3 Å². The van der Waals surface area contributed by atoms with Crippen molar-refractivity contribution < 1.29 is 0 Å². The van der Waals surface area contributed by atoms with Gasteiger partial charge in [0.15, 0.2) is 0 Å². The molecule has 0 unspecified atom stereocenters. The van der Waals surface area contributed by atoms with Gasteiger partial charge in [0.2, 0.25) is 0 Å². The van der Waals surface area contributed by atoms with Crippen LogP contribution in [0, 0.1) is 5.41 Å². The monoisotopic (exact) mass is 212 g/mol. The second-order valence-electron chi connectivity index (χ2n) is 5.57. The van der Waals surface area contributed by atoms with Gasteiger partial charge in [0, 0.05) is 0 Å². The predicted molar refractivity (Wildman–Crippen MR) is 70.4 cm³/mol. The van der Waals surface area contributed by atoms with E-state index in [0.717, 1.165) is 12.8 Å². The fraction of sp³-hybridized carbons (Fsp3) is 0.375. The molecule has 1 aliphatic rings. The van der Waals surface area contributed by atoms with Crippen molar-refractivity contribution in [3.8, 4) is 0 Å². The van der Waals surface area contributed by atoms with E-state index >= 15 is 0 Å². The predicted octanol–water partition coefficient (Wildman–Crippen LogP) is 4.53. The van der Waals surface area contributed by atoms with Gasteiger partial charge in [-0.3, -0.25) is 0 Å². The van der Waals surface area contributed by atoms with E-state index in [-0.39, 0.29) is 0 Å². The average molecular weight is 212 g/mol. The van der Waals surface area contributed by atoms with Gasteiger partial charge >= 0.3 is 0 Å². The lowest BCUT2D eigenvalue weighted by Crippen LogP contribution is -2.07. The third-order valence-electron chi connectivity index (χ3n) is 3.16. The minimum absolute atomic E-state index is 0.314. The molecule has 84 valence electrons. The van der Waals surface area contributed by atoms with Crippen LogP contribution in [0.1, 0.15) is 32.8 Å². The molecule has 0 atom stereocenters. The zero-order valence-electron chi connectivity index (χ0n) is 10.5. The Hall–Kier alpha value is -1.30. The minimum Gasteiger partial charge on any atom is -0.0769 e. The maximum atomic E-state index is 2.38. The molecular weight excluding hydrogens is 192 g/mol. The molecule has 0 saturated heterocycles. The molecule has 16 heavy (non-hydrogen) atoms. The van der Waals surface area contributed by atoms with Crippen molar-refractivity contribution in [3.05, 3.63) is 59.2 Å². The Balaban J connectivity index is 2.07. The van der Waals surface area contributed by atoms with Crippen LogP contribution in [0.5, 0.6) is 0 Å². The molecule has 1 aromatic carbocycles. The van der Waals surface area contributed by atoms with E-state index in [0.29, 0.717) is 5.41 Å². The Kier molecular flexibility index (Phi) is 3.00. The van der Waals surface area contributed by atoms with Crippen molar-refractivity contribution in [2.75, 3.05) is 0 Å². The summed E-state index contributed by atoms with van der Waals surface area (Å²) in [6, 6.07) is 10.7. The molecular formula is C16H20. The van der Waals surface area contributed by atoms with E-state index < -0.39 is 0 Å². The Morgan fingerprint density at radius 2 is 1.75 bits per heavy atom. The summed E-state index contributed by atoms with van der Waals surface area (Å²) < 4.78 is 0. The van der Waals surface area contributed by atoms with E-state index in [4.69, 9.17) is 0 Å². The van der Waals surface area contributed by atoms with E-state index in [1.807, 2.05) is 0 Å². The van der Waals surface area contributed by atoms with Gasteiger partial charge in [0.1, 0.15) is 0 Å². The number of hydrogen-bond donors (Lipinski definition) is 0. The first-order chi connectivity index (χ1) is 7.55. The maximum Gasteiger partial charge on any atom is -0.00288 e. The van der Waals surface area contributed by atoms with Crippen LogP contribution in [0.25, 0.3) is 0 Å². The highest BCUT2D eigenvalue weighted by Gasteiger charge is 2.19. The fourth-order valence-electron chi connectivity index (χ4n) is 2.06. The van der Waals surface area contributed by atoms with E-state index in [1.165, 1.54) is 11.1 Å². The number of allylic oxidation sites excluding steroid dienone is 4. The minimum atomic E-state index is 0.314. The van der Waals surface area contributed by atoms with Crippen LogP contribution in [-0.4, -0.2) is 0 Å². The number of benzene rings is 1. The molecule has 0 heteroatoms. The molecule has 0 bridgehead atoms. The lowest BCUT2D eigenvalue weighted by atomic mass is 9.86. The first kappa shape index (κ1) is 11.2. The van der Waals surface area contributed by atoms with E-state index in [1.54, 1.807) is 5.57 Å². The largest absolute Gasteiger partial charge is 0.0769 e. The topological polar surface area (TPSA) is 0 Å². The van der Waals surface area contributed by atoms with Crippen LogP contribution in [0.4, 0.5) is 0 Å². The summed E-state index contributed by atoms with van der Waals surface area (Å²) >= 11 is 0. The van der Waals surface area contributed by atoms with Gasteiger partial charge < -0.3 is 0 Å². The highest BCUT2D eigenvalue weighted by atomic mass is 14.2. The Morgan fingerprint density at radius 1 is 1.06 bits per heavy atom. The van der Waals surface area contributed by atoms with Crippen molar-refractivity contribution in [1.82, 2.24) is 0 Å². The molecule has 1 aliphatic carbocycles. The van der Waals surface area contributed by atoms with Gasteiger partial charge in [-0.25, -0.2) is 0 Å². The first-order valence-electron chi connectivity index (χ1n) is 6.00. The molecule has 0 radical (unpaired) electrons. The lowest BCUT2D eigenvalue weighted by Gasteiger charge is -2.19. The zero-order chi connectivity index (χ0) is 11.6. The summed E-state index contributed by atoms with van der Waals surface area (Å²) in [5.41, 5.74) is 4.74. The third kappa shape index (κ3) is 2.63. The number of hydrogen-bond acceptors (Lipinski definition) is 0. The van der Waals surface area contributed by atoms with Gasteiger partial charge in [-0.1, -0.05) is 68.8 Å². The molecule has 0 aliphatic heterocycles. The smallest absolute Gasteiger partial charge is 0.00288 e. The molecule has 0 amide bonds. The quantitative estimate of drug-likeness (QED) is 0.675. The van der Waals surface area contributed by atoms with Crippen LogP contribution < -0.4 is 0 Å². The summed E-state index contributed by atoms with van der Waals surface area (Å²) in [4.78, 5) is 0. The highest BCUT2D eigenvalue weighted by Crippen LogP contribution is 2.34. The summed E-state index contributed by atoms with van der Waals surface area (Å²) in [7, 11) is 0. The Labute approximate surface area is 98.7 Å². The molecule has 0 N–H and O–H groups in total. The van der Waals surface area contributed by atoms with Crippen molar-refractivity contribution >= 4 is 0 Å². The molecule has 0 heterocycles. The van der Waals surface area contributed by atoms with Crippen molar-refractivity contribution in [2.45, 2.75) is 33.6 Å². The fourth-order valence-corrected chi connectivity index (χ4v) is 2.06. The normalized spacial score (nSPS) is 15.9. The second-order valence-corrected chi connectivity index (χ2v) is 5.57. The van der Waals surface area contributed by atoms with Crippen LogP contribution in [0.2, 0.25) is 0 Å². The number of rotatable bonds is 2. The first-order valence-corrected chi connectivity index (χ1v) is 6.00. The molecule has 0 aromatic heterocycles. The molecule has 0 spiro atoms. The van der Waals surface area contributed by atoms with Crippen LogP contribution in [0.3, 0.4) is 0 Å². The maximum absolute atomic E-state index is 2.38. The summed E-state index contributed by atoms with van der Waals surface area (Å²) in [5, 5.41) is 0. The molecule has 0 fully saturated rings. The summed E-state index contributed by atoms with van der Waals surface area (Å²) in [6.45, 7) is 6.87. The Bertz CT molecular complexity index is 413. The molecule has 0 nitrogen and oxygen atoms in total. The van der Waals surface area contributed by atoms with Crippen LogP contribution >= 0.6 is 0 Å². The summed E-state index contributed by atoms with van der Waals surface area (Å²) in [6.07, 6.45) is 6.95. The summed E-state index contributed by atoms with van der Waals surface area (Å²) in [5.74, 6) is 0. The van der Waals surface area contributed by atoms with Crippen LogP contribution in [-0.2, 0) is 6.42 Å². The molecule has 0 saturated carbocycles. The van der Waals surface area contributed by atoms with Crippen molar-refractivity contribution in [2.24, 2.45) is 5.41 Å².